The zero-order chi connectivity index (χ0) is 15.5. The predicted octanol–water partition coefficient (Wildman–Crippen LogP) is 2.58. The Morgan fingerprint density at radius 2 is 1.40 bits per heavy atom. The molecule has 0 aromatic heterocycles. The van der Waals surface area contributed by atoms with Crippen LogP contribution in [0.2, 0.25) is 0 Å². The van der Waals surface area contributed by atoms with Crippen LogP contribution in [0.5, 0.6) is 0 Å². The van der Waals surface area contributed by atoms with Gasteiger partial charge >= 0.3 is 11.9 Å². The summed E-state index contributed by atoms with van der Waals surface area (Å²) in [6.45, 7) is 7.23. The second-order valence-electron chi connectivity index (χ2n) is 4.42. The van der Waals surface area contributed by atoms with Gasteiger partial charge in [0.1, 0.15) is 11.4 Å². The highest BCUT2D eigenvalue weighted by molar-refractivity contribution is 6.15. The van der Waals surface area contributed by atoms with Gasteiger partial charge in [-0.05, 0) is 32.8 Å². The maximum atomic E-state index is 11.8. The van der Waals surface area contributed by atoms with Crippen LogP contribution in [-0.2, 0) is 23.9 Å². The number of esters is 2. The van der Waals surface area contributed by atoms with Crippen LogP contribution >= 0.6 is 0 Å². The van der Waals surface area contributed by atoms with Crippen molar-refractivity contribution in [2.45, 2.75) is 53.4 Å². The molecule has 0 saturated carbocycles. The second-order valence-corrected chi connectivity index (χ2v) is 4.42. The molecule has 114 valence electrons. The van der Waals surface area contributed by atoms with Gasteiger partial charge in [-0.1, -0.05) is 13.3 Å². The summed E-state index contributed by atoms with van der Waals surface area (Å²) < 4.78 is 9.69. The SMILES string of the molecule is CCCCC(=O)CC(C)=C(C(=O)OCC)C(=O)OCC. The molecule has 0 aromatic carbocycles. The fraction of sp³-hybridized carbons (Fsp3) is 0.667. The Hall–Kier alpha value is -1.65. The normalized spacial score (nSPS) is 9.80. The van der Waals surface area contributed by atoms with Crippen LogP contribution in [0.4, 0.5) is 0 Å². The van der Waals surface area contributed by atoms with Crippen molar-refractivity contribution in [3.8, 4) is 0 Å². The topological polar surface area (TPSA) is 69.7 Å². The zero-order valence-corrected chi connectivity index (χ0v) is 12.8. The lowest BCUT2D eigenvalue weighted by molar-refractivity contribution is -0.146. The number of hydrogen-bond acceptors (Lipinski definition) is 5. The summed E-state index contributed by atoms with van der Waals surface area (Å²) in [6.07, 6.45) is 2.26. The van der Waals surface area contributed by atoms with E-state index in [0.717, 1.165) is 12.8 Å². The molecule has 0 aliphatic heterocycles. The highest BCUT2D eigenvalue weighted by Crippen LogP contribution is 2.15. The van der Waals surface area contributed by atoms with Crippen molar-refractivity contribution in [2.75, 3.05) is 13.2 Å². The van der Waals surface area contributed by atoms with Gasteiger partial charge in [0.25, 0.3) is 0 Å². The molecule has 0 aliphatic rings. The van der Waals surface area contributed by atoms with E-state index in [4.69, 9.17) is 9.47 Å². The second kappa shape index (κ2) is 10.2. The van der Waals surface area contributed by atoms with E-state index in [1.54, 1.807) is 20.8 Å². The Kier molecular flexibility index (Phi) is 9.34. The molecule has 0 aromatic rings. The van der Waals surface area contributed by atoms with Crippen molar-refractivity contribution in [1.29, 1.82) is 0 Å². The summed E-state index contributed by atoms with van der Waals surface area (Å²) in [6, 6.07) is 0. The first kappa shape index (κ1) is 18.4. The third-order valence-corrected chi connectivity index (χ3v) is 2.66. The number of rotatable bonds is 9. The lowest BCUT2D eigenvalue weighted by atomic mass is 10.0. The predicted molar refractivity (Wildman–Crippen MR) is 75.1 cm³/mol. The highest BCUT2D eigenvalue weighted by Gasteiger charge is 2.24. The van der Waals surface area contributed by atoms with E-state index in [0.29, 0.717) is 12.0 Å². The van der Waals surface area contributed by atoms with Gasteiger partial charge < -0.3 is 9.47 Å². The molecule has 0 fully saturated rings. The fourth-order valence-electron chi connectivity index (χ4n) is 1.68. The first-order valence-corrected chi connectivity index (χ1v) is 7.03. The average Bonchev–Trinajstić information content (AvgIpc) is 2.37. The Bertz CT molecular complexity index is 362. The Morgan fingerprint density at radius 3 is 1.80 bits per heavy atom. The molecule has 0 unspecified atom stereocenters. The molecule has 0 radical (unpaired) electrons. The summed E-state index contributed by atoms with van der Waals surface area (Å²) in [7, 11) is 0. The Labute approximate surface area is 120 Å². The molecule has 0 amide bonds. The van der Waals surface area contributed by atoms with Gasteiger partial charge in [-0.25, -0.2) is 9.59 Å². The minimum absolute atomic E-state index is 0.00967. The molecular weight excluding hydrogens is 260 g/mol. The van der Waals surface area contributed by atoms with Crippen molar-refractivity contribution in [1.82, 2.24) is 0 Å². The van der Waals surface area contributed by atoms with E-state index in [-0.39, 0.29) is 31.0 Å². The first-order valence-electron chi connectivity index (χ1n) is 7.03. The summed E-state index contributed by atoms with van der Waals surface area (Å²) in [5.74, 6) is -1.45. The van der Waals surface area contributed by atoms with Gasteiger partial charge in [0.05, 0.1) is 13.2 Å². The molecule has 0 heterocycles. The summed E-state index contributed by atoms with van der Waals surface area (Å²) in [5, 5.41) is 0. The van der Waals surface area contributed by atoms with Crippen molar-refractivity contribution < 1.29 is 23.9 Å². The Balaban J connectivity index is 5.04. The molecule has 0 saturated heterocycles. The van der Waals surface area contributed by atoms with Crippen LogP contribution in [0.15, 0.2) is 11.1 Å². The minimum Gasteiger partial charge on any atom is -0.462 e. The Morgan fingerprint density at radius 1 is 0.900 bits per heavy atom. The van der Waals surface area contributed by atoms with Crippen LogP contribution in [0.1, 0.15) is 53.4 Å². The number of carbonyl (C=O) groups excluding carboxylic acids is 3. The molecule has 0 aliphatic carbocycles. The lowest BCUT2D eigenvalue weighted by Crippen LogP contribution is -2.20. The number of allylic oxidation sites excluding steroid dienone is 1. The molecule has 5 heteroatoms. The molecule has 0 spiro atoms. The van der Waals surface area contributed by atoms with Crippen molar-refractivity contribution >= 4 is 17.7 Å². The van der Waals surface area contributed by atoms with Gasteiger partial charge in [0.15, 0.2) is 0 Å². The number of carbonyl (C=O) groups is 3. The number of Topliss-reactive ketones (excluding diaryl/α,β-unsaturated/α-hetero) is 1. The van der Waals surface area contributed by atoms with E-state index in [1.807, 2.05) is 6.92 Å². The number of ether oxygens (including phenoxy) is 2. The van der Waals surface area contributed by atoms with Gasteiger partial charge in [-0.15, -0.1) is 0 Å². The van der Waals surface area contributed by atoms with E-state index < -0.39 is 11.9 Å². The van der Waals surface area contributed by atoms with Crippen molar-refractivity contribution in [2.24, 2.45) is 0 Å². The third-order valence-electron chi connectivity index (χ3n) is 2.66. The van der Waals surface area contributed by atoms with Crippen LogP contribution in [0.3, 0.4) is 0 Å². The number of ketones is 1. The van der Waals surface area contributed by atoms with Gasteiger partial charge in [-0.2, -0.15) is 0 Å². The van der Waals surface area contributed by atoms with Crippen molar-refractivity contribution in [3.63, 3.8) is 0 Å². The molecule has 20 heavy (non-hydrogen) atoms. The maximum absolute atomic E-state index is 11.8. The molecule has 0 bridgehead atoms. The lowest BCUT2D eigenvalue weighted by Gasteiger charge is -2.10. The average molecular weight is 284 g/mol. The molecule has 0 N–H and O–H groups in total. The van der Waals surface area contributed by atoms with E-state index in [9.17, 15) is 14.4 Å². The van der Waals surface area contributed by atoms with Crippen LogP contribution in [0.25, 0.3) is 0 Å². The largest absolute Gasteiger partial charge is 0.462 e. The standard InChI is InChI=1S/C15H24O5/c1-5-8-9-12(16)10-11(4)13(14(17)19-6-2)15(18)20-7-3/h5-10H2,1-4H3. The molecule has 0 rings (SSSR count). The van der Waals surface area contributed by atoms with Gasteiger partial charge in [-0.3, -0.25) is 4.79 Å². The molecule has 5 nitrogen and oxygen atoms in total. The first-order chi connectivity index (χ1) is 9.47. The monoisotopic (exact) mass is 284 g/mol. The summed E-state index contributed by atoms with van der Waals surface area (Å²) >= 11 is 0. The van der Waals surface area contributed by atoms with Crippen LogP contribution < -0.4 is 0 Å². The molecule has 0 atom stereocenters. The smallest absolute Gasteiger partial charge is 0.345 e. The van der Waals surface area contributed by atoms with E-state index in [2.05, 4.69) is 0 Å². The summed E-state index contributed by atoms with van der Waals surface area (Å²) in [4.78, 5) is 35.3. The summed E-state index contributed by atoms with van der Waals surface area (Å²) in [5.41, 5.74) is 0.251. The van der Waals surface area contributed by atoms with Crippen LogP contribution in [0, 0.1) is 0 Å². The van der Waals surface area contributed by atoms with Gasteiger partial charge in [0.2, 0.25) is 0 Å². The van der Waals surface area contributed by atoms with Gasteiger partial charge in [0, 0.05) is 12.8 Å². The third kappa shape index (κ3) is 6.50. The van der Waals surface area contributed by atoms with Crippen LogP contribution in [-0.4, -0.2) is 30.9 Å². The van der Waals surface area contributed by atoms with E-state index >= 15 is 0 Å². The quantitative estimate of drug-likeness (QED) is 0.282. The van der Waals surface area contributed by atoms with E-state index in [1.165, 1.54) is 0 Å². The maximum Gasteiger partial charge on any atom is 0.345 e. The van der Waals surface area contributed by atoms with Crippen molar-refractivity contribution in [3.05, 3.63) is 11.1 Å². The fourth-order valence-corrected chi connectivity index (χ4v) is 1.68. The highest BCUT2D eigenvalue weighted by atomic mass is 16.6. The molecular formula is C15H24O5. The number of unbranched alkanes of at least 4 members (excludes halogenated alkanes) is 1. The zero-order valence-electron chi connectivity index (χ0n) is 12.8. The minimum atomic E-state index is -0.730. The number of hydrogen-bond donors (Lipinski definition) is 0.